The Labute approximate surface area is 177 Å². The van der Waals surface area contributed by atoms with Crippen molar-refractivity contribution >= 4 is 46.4 Å². The lowest BCUT2D eigenvalue weighted by atomic mass is 10.0. The van der Waals surface area contributed by atoms with Crippen LogP contribution in [0.4, 0.5) is 0 Å². The Balaban J connectivity index is 0.000000223. The largest absolute Gasteiger partial charge is 0.508 e. The Hall–Kier alpha value is -1.62. The number of phenols is 2. The summed E-state index contributed by atoms with van der Waals surface area (Å²) in [5.74, 6) is 0.294. The van der Waals surface area contributed by atoms with Crippen LogP contribution >= 0.6 is 46.4 Å². The summed E-state index contributed by atoms with van der Waals surface area (Å²) in [4.78, 5) is 0. The molecule has 3 aromatic carbocycles. The molecule has 0 unspecified atom stereocenters. The van der Waals surface area contributed by atoms with Crippen molar-refractivity contribution in [3.05, 3.63) is 91.4 Å². The molecule has 0 saturated carbocycles. The molecule has 3 aromatic rings. The average molecular weight is 446 g/mol. The van der Waals surface area contributed by atoms with Crippen molar-refractivity contribution in [1.82, 2.24) is 0 Å². The van der Waals surface area contributed by atoms with E-state index in [1.165, 1.54) is 12.1 Å². The molecule has 0 amide bonds. The molecule has 7 heteroatoms. The van der Waals surface area contributed by atoms with Gasteiger partial charge in [-0.15, -0.1) is 0 Å². The molecule has 3 rings (SSSR count). The summed E-state index contributed by atoms with van der Waals surface area (Å²) in [7, 11) is 0. The number of aromatic hydroxyl groups is 2. The number of aliphatic hydroxyl groups is 1. The highest BCUT2D eigenvalue weighted by Crippen LogP contribution is 2.29. The molecule has 3 N–H and O–H groups in total. The van der Waals surface area contributed by atoms with Crippen LogP contribution in [0, 0.1) is 0 Å². The van der Waals surface area contributed by atoms with E-state index in [-0.39, 0.29) is 18.1 Å². The van der Waals surface area contributed by atoms with Gasteiger partial charge in [0, 0.05) is 26.5 Å². The number of aliphatic hydroxyl groups excluding tert-OH is 1. The summed E-state index contributed by atoms with van der Waals surface area (Å²) in [5.41, 5.74) is 2.00. The van der Waals surface area contributed by atoms with Gasteiger partial charge in [0.05, 0.1) is 6.61 Å². The lowest BCUT2D eigenvalue weighted by Gasteiger charge is -2.07. The number of rotatable bonds is 3. The molecule has 27 heavy (non-hydrogen) atoms. The zero-order valence-corrected chi connectivity index (χ0v) is 17.0. The second kappa shape index (κ2) is 10.1. The number of benzene rings is 3. The molecule has 0 bridgehead atoms. The van der Waals surface area contributed by atoms with Crippen molar-refractivity contribution in [3.63, 3.8) is 0 Å². The van der Waals surface area contributed by atoms with Gasteiger partial charge in [0.15, 0.2) is 0 Å². The fourth-order valence-corrected chi connectivity index (χ4v) is 3.10. The van der Waals surface area contributed by atoms with Crippen LogP contribution < -0.4 is 0 Å². The van der Waals surface area contributed by atoms with E-state index in [1.807, 2.05) is 0 Å². The Morgan fingerprint density at radius 2 is 1.04 bits per heavy atom. The lowest BCUT2D eigenvalue weighted by molar-refractivity contribution is 0.282. The maximum absolute atomic E-state index is 9.68. The van der Waals surface area contributed by atoms with Gasteiger partial charge >= 0.3 is 0 Å². The predicted octanol–water partition coefficient (Wildman–Crippen LogP) is 6.48. The molecule has 0 atom stereocenters. The zero-order valence-electron chi connectivity index (χ0n) is 14.0. The topological polar surface area (TPSA) is 60.7 Å². The summed E-state index contributed by atoms with van der Waals surface area (Å²) in [6.07, 6.45) is 0.374. The smallest absolute Gasteiger partial charge is 0.119 e. The second-order valence-electron chi connectivity index (χ2n) is 5.62. The minimum Gasteiger partial charge on any atom is -0.508 e. The normalized spacial score (nSPS) is 10.3. The Kier molecular flexibility index (Phi) is 8.08. The van der Waals surface area contributed by atoms with Crippen LogP contribution in [-0.4, -0.2) is 15.3 Å². The third kappa shape index (κ3) is 6.49. The standard InChI is InChI=1S/C13H10Cl2O2.C7H6Cl2O/c14-10-1-3-12(16)8(6-10)5-9-7-11(15)2-4-13(9)17;8-6-2-1-5(4-10)7(9)3-6/h1-4,6-7,16-17H,5H2;1-3,10H,4H2. The minimum atomic E-state index is -0.0456. The van der Waals surface area contributed by atoms with Gasteiger partial charge in [0.2, 0.25) is 0 Å². The van der Waals surface area contributed by atoms with Crippen molar-refractivity contribution in [2.75, 3.05) is 0 Å². The highest BCUT2D eigenvalue weighted by atomic mass is 35.5. The third-order valence-electron chi connectivity index (χ3n) is 3.65. The molecule has 0 spiro atoms. The van der Waals surface area contributed by atoms with Crippen molar-refractivity contribution in [2.45, 2.75) is 13.0 Å². The van der Waals surface area contributed by atoms with Gasteiger partial charge in [0.1, 0.15) is 11.5 Å². The third-order valence-corrected chi connectivity index (χ3v) is 4.71. The van der Waals surface area contributed by atoms with Gasteiger partial charge in [-0.25, -0.2) is 0 Å². The van der Waals surface area contributed by atoms with Gasteiger partial charge in [-0.3, -0.25) is 0 Å². The van der Waals surface area contributed by atoms with E-state index in [1.54, 1.807) is 42.5 Å². The van der Waals surface area contributed by atoms with E-state index in [0.29, 0.717) is 43.2 Å². The molecule has 0 aliphatic carbocycles. The van der Waals surface area contributed by atoms with E-state index in [4.69, 9.17) is 51.5 Å². The second-order valence-corrected chi connectivity index (χ2v) is 7.33. The van der Waals surface area contributed by atoms with Gasteiger partial charge in [-0.1, -0.05) is 52.5 Å². The number of hydrogen-bond acceptors (Lipinski definition) is 3. The van der Waals surface area contributed by atoms with Crippen molar-refractivity contribution in [2.24, 2.45) is 0 Å². The first kappa shape index (κ1) is 21.7. The monoisotopic (exact) mass is 444 g/mol. The fourth-order valence-electron chi connectivity index (χ4n) is 2.25. The Morgan fingerprint density at radius 1 is 0.593 bits per heavy atom. The molecule has 3 nitrogen and oxygen atoms in total. The first-order valence-corrected chi connectivity index (χ1v) is 9.31. The molecular formula is C20H16Cl4O3. The van der Waals surface area contributed by atoms with E-state index < -0.39 is 0 Å². The molecule has 0 fully saturated rings. The number of phenolic OH excluding ortho intramolecular Hbond substituents is 2. The number of hydrogen-bond donors (Lipinski definition) is 3. The molecule has 0 aromatic heterocycles. The maximum Gasteiger partial charge on any atom is 0.119 e. The SMILES string of the molecule is OCc1ccc(Cl)cc1Cl.Oc1ccc(Cl)cc1Cc1cc(Cl)ccc1O. The van der Waals surface area contributed by atoms with Gasteiger partial charge < -0.3 is 15.3 Å². The predicted molar refractivity (Wildman–Crippen MR) is 111 cm³/mol. The lowest BCUT2D eigenvalue weighted by Crippen LogP contribution is -1.90. The van der Waals surface area contributed by atoms with Gasteiger partial charge in [-0.2, -0.15) is 0 Å². The Morgan fingerprint density at radius 3 is 1.48 bits per heavy atom. The van der Waals surface area contributed by atoms with Gasteiger partial charge in [0.25, 0.3) is 0 Å². The van der Waals surface area contributed by atoms with Crippen LogP contribution in [0.3, 0.4) is 0 Å². The molecule has 142 valence electrons. The van der Waals surface area contributed by atoms with Crippen LogP contribution in [0.2, 0.25) is 20.1 Å². The van der Waals surface area contributed by atoms with E-state index in [0.717, 1.165) is 0 Å². The van der Waals surface area contributed by atoms with E-state index in [2.05, 4.69) is 0 Å². The highest BCUT2D eigenvalue weighted by Gasteiger charge is 2.07. The zero-order chi connectivity index (χ0) is 20.0. The van der Waals surface area contributed by atoms with Crippen molar-refractivity contribution in [3.8, 4) is 11.5 Å². The van der Waals surface area contributed by atoms with Gasteiger partial charge in [-0.05, 0) is 65.2 Å². The molecule has 0 saturated heterocycles. The number of halogens is 4. The highest BCUT2D eigenvalue weighted by molar-refractivity contribution is 6.35. The Bertz CT molecular complexity index is 880. The van der Waals surface area contributed by atoms with E-state index >= 15 is 0 Å². The molecule has 0 aliphatic heterocycles. The summed E-state index contributed by atoms with van der Waals surface area (Å²) in [6.45, 7) is -0.0456. The fraction of sp³-hybridized carbons (Fsp3) is 0.100. The molecule has 0 heterocycles. The molecule has 0 aliphatic rings. The van der Waals surface area contributed by atoms with Crippen LogP contribution in [0.25, 0.3) is 0 Å². The summed E-state index contributed by atoms with van der Waals surface area (Å²) < 4.78 is 0. The molecular weight excluding hydrogens is 430 g/mol. The first-order chi connectivity index (χ1) is 12.8. The van der Waals surface area contributed by atoms with Crippen LogP contribution in [-0.2, 0) is 13.0 Å². The maximum atomic E-state index is 9.68. The summed E-state index contributed by atoms with van der Waals surface area (Å²) in [5, 5.41) is 30.2. The summed E-state index contributed by atoms with van der Waals surface area (Å²) >= 11 is 23.0. The molecule has 0 radical (unpaired) electrons. The minimum absolute atomic E-state index is 0.0456. The average Bonchev–Trinajstić information content (AvgIpc) is 2.62. The van der Waals surface area contributed by atoms with Crippen molar-refractivity contribution in [1.29, 1.82) is 0 Å². The van der Waals surface area contributed by atoms with Crippen LogP contribution in [0.5, 0.6) is 11.5 Å². The van der Waals surface area contributed by atoms with Crippen LogP contribution in [0.1, 0.15) is 16.7 Å². The van der Waals surface area contributed by atoms with Crippen LogP contribution in [0.15, 0.2) is 54.6 Å². The van der Waals surface area contributed by atoms with E-state index in [9.17, 15) is 10.2 Å². The van der Waals surface area contributed by atoms with Crippen molar-refractivity contribution < 1.29 is 15.3 Å². The summed E-state index contributed by atoms with van der Waals surface area (Å²) in [6, 6.07) is 14.6. The quantitative estimate of drug-likeness (QED) is 0.432. The first-order valence-electron chi connectivity index (χ1n) is 7.79.